The van der Waals surface area contributed by atoms with Crippen LogP contribution in [-0.4, -0.2) is 38.0 Å². The van der Waals surface area contributed by atoms with Gasteiger partial charge in [0.15, 0.2) is 0 Å². The summed E-state index contributed by atoms with van der Waals surface area (Å²) in [4.78, 5) is 0. The van der Waals surface area contributed by atoms with Crippen molar-refractivity contribution >= 4 is 0 Å². The quantitative estimate of drug-likeness (QED) is 0.862. The molecule has 0 bridgehead atoms. The van der Waals surface area contributed by atoms with Crippen molar-refractivity contribution in [1.29, 1.82) is 0 Å². The van der Waals surface area contributed by atoms with Crippen molar-refractivity contribution < 1.29 is 9.47 Å². The average Bonchev–Trinajstić information content (AvgIpc) is 2.82. The molecular weight excluding hydrogens is 250 g/mol. The molecule has 3 rings (SSSR count). The lowest BCUT2D eigenvalue weighted by Crippen LogP contribution is -2.46. The SMILES string of the molecule is CCNC1CCC(C2CCOC3(CCOCC3)C2)C1C. The Hall–Kier alpha value is -0.120. The van der Waals surface area contributed by atoms with E-state index in [0.29, 0.717) is 0 Å². The van der Waals surface area contributed by atoms with Crippen molar-refractivity contribution in [3.8, 4) is 0 Å². The van der Waals surface area contributed by atoms with E-state index in [1.165, 1.54) is 25.7 Å². The molecule has 0 aromatic carbocycles. The highest BCUT2D eigenvalue weighted by Gasteiger charge is 2.44. The Morgan fingerprint density at radius 1 is 1.10 bits per heavy atom. The fourth-order valence-corrected chi connectivity index (χ4v) is 4.93. The molecule has 116 valence electrons. The minimum absolute atomic E-state index is 0.164. The number of nitrogens with one attached hydrogen (secondary N) is 1. The third-order valence-corrected chi connectivity index (χ3v) is 6.13. The van der Waals surface area contributed by atoms with Gasteiger partial charge in [0.05, 0.1) is 5.60 Å². The number of rotatable bonds is 3. The maximum atomic E-state index is 6.21. The van der Waals surface area contributed by atoms with Crippen molar-refractivity contribution in [2.24, 2.45) is 17.8 Å². The van der Waals surface area contributed by atoms with E-state index >= 15 is 0 Å². The molecule has 1 aliphatic carbocycles. The Bertz CT molecular complexity index is 309. The van der Waals surface area contributed by atoms with E-state index in [0.717, 1.165) is 63.0 Å². The van der Waals surface area contributed by atoms with E-state index in [9.17, 15) is 0 Å². The lowest BCUT2D eigenvalue weighted by atomic mass is 9.72. The van der Waals surface area contributed by atoms with Gasteiger partial charge in [-0.15, -0.1) is 0 Å². The summed E-state index contributed by atoms with van der Waals surface area (Å²) < 4.78 is 11.7. The summed E-state index contributed by atoms with van der Waals surface area (Å²) in [7, 11) is 0. The Balaban J connectivity index is 1.62. The molecule has 2 aliphatic heterocycles. The highest BCUT2D eigenvalue weighted by Crippen LogP contribution is 2.46. The summed E-state index contributed by atoms with van der Waals surface area (Å²) in [5, 5.41) is 3.68. The van der Waals surface area contributed by atoms with Crippen LogP contribution in [0.4, 0.5) is 0 Å². The van der Waals surface area contributed by atoms with Gasteiger partial charge in [-0.25, -0.2) is 0 Å². The first-order valence-corrected chi connectivity index (χ1v) is 8.69. The van der Waals surface area contributed by atoms with Crippen molar-refractivity contribution in [3.63, 3.8) is 0 Å². The van der Waals surface area contributed by atoms with Gasteiger partial charge in [-0.3, -0.25) is 0 Å². The molecule has 1 N–H and O–H groups in total. The lowest BCUT2D eigenvalue weighted by Gasteiger charge is -2.45. The molecule has 0 amide bonds. The van der Waals surface area contributed by atoms with Crippen LogP contribution < -0.4 is 5.32 Å². The van der Waals surface area contributed by atoms with Gasteiger partial charge in [-0.05, 0) is 62.8 Å². The van der Waals surface area contributed by atoms with E-state index in [4.69, 9.17) is 9.47 Å². The molecule has 3 aliphatic rings. The van der Waals surface area contributed by atoms with Crippen LogP contribution >= 0.6 is 0 Å². The first-order chi connectivity index (χ1) is 9.74. The highest BCUT2D eigenvalue weighted by atomic mass is 16.5. The summed E-state index contributed by atoms with van der Waals surface area (Å²) >= 11 is 0. The fraction of sp³-hybridized carbons (Fsp3) is 1.00. The summed E-state index contributed by atoms with van der Waals surface area (Å²) in [6.45, 7) is 8.57. The Morgan fingerprint density at radius 2 is 1.90 bits per heavy atom. The van der Waals surface area contributed by atoms with Gasteiger partial charge in [0, 0.05) is 25.9 Å². The molecule has 4 atom stereocenters. The lowest BCUT2D eigenvalue weighted by molar-refractivity contribution is -0.154. The zero-order valence-corrected chi connectivity index (χ0v) is 13.2. The Kier molecular flexibility index (Phi) is 4.68. The first kappa shape index (κ1) is 14.8. The molecule has 3 fully saturated rings. The van der Waals surface area contributed by atoms with Crippen LogP contribution in [0, 0.1) is 17.8 Å². The van der Waals surface area contributed by atoms with E-state index in [1.807, 2.05) is 0 Å². The molecule has 1 saturated carbocycles. The highest BCUT2D eigenvalue weighted by molar-refractivity contribution is 4.96. The number of hydrogen-bond donors (Lipinski definition) is 1. The van der Waals surface area contributed by atoms with Gasteiger partial charge in [0.25, 0.3) is 0 Å². The Morgan fingerprint density at radius 3 is 2.65 bits per heavy atom. The third-order valence-electron chi connectivity index (χ3n) is 6.13. The summed E-state index contributed by atoms with van der Waals surface area (Å²) in [6.07, 6.45) is 7.56. The van der Waals surface area contributed by atoms with E-state index in [-0.39, 0.29) is 5.60 Å². The van der Waals surface area contributed by atoms with Crippen LogP contribution in [0.2, 0.25) is 0 Å². The van der Waals surface area contributed by atoms with E-state index in [1.54, 1.807) is 0 Å². The molecule has 3 heteroatoms. The molecule has 20 heavy (non-hydrogen) atoms. The summed E-state index contributed by atoms with van der Waals surface area (Å²) in [5.74, 6) is 2.61. The zero-order chi connectivity index (χ0) is 14.0. The Labute approximate surface area is 123 Å². The van der Waals surface area contributed by atoms with Crippen LogP contribution in [-0.2, 0) is 9.47 Å². The predicted molar refractivity (Wildman–Crippen MR) is 80.8 cm³/mol. The summed E-state index contributed by atoms with van der Waals surface area (Å²) in [5.41, 5.74) is 0.164. The van der Waals surface area contributed by atoms with Crippen molar-refractivity contribution in [2.75, 3.05) is 26.4 Å². The molecule has 0 aromatic heterocycles. The molecule has 1 spiro atoms. The topological polar surface area (TPSA) is 30.5 Å². The van der Waals surface area contributed by atoms with Crippen LogP contribution in [0.5, 0.6) is 0 Å². The van der Waals surface area contributed by atoms with Gasteiger partial charge < -0.3 is 14.8 Å². The van der Waals surface area contributed by atoms with Crippen LogP contribution in [0.1, 0.15) is 52.4 Å². The molecule has 0 radical (unpaired) electrons. The standard InChI is InChI=1S/C17H31NO2/c1-3-18-16-5-4-15(13(16)2)14-6-9-20-17(12-14)7-10-19-11-8-17/h13-16,18H,3-12H2,1-2H3. The third kappa shape index (κ3) is 2.90. The van der Waals surface area contributed by atoms with Crippen LogP contribution in [0.25, 0.3) is 0 Å². The second-order valence-electron chi connectivity index (χ2n) is 7.16. The van der Waals surface area contributed by atoms with E-state index in [2.05, 4.69) is 19.2 Å². The molecule has 4 unspecified atom stereocenters. The predicted octanol–water partition coefficient (Wildman–Crippen LogP) is 2.99. The maximum absolute atomic E-state index is 6.21. The first-order valence-electron chi connectivity index (χ1n) is 8.69. The minimum Gasteiger partial charge on any atom is -0.381 e. The second kappa shape index (κ2) is 6.33. The van der Waals surface area contributed by atoms with Crippen molar-refractivity contribution in [1.82, 2.24) is 5.32 Å². The van der Waals surface area contributed by atoms with Gasteiger partial charge in [-0.1, -0.05) is 13.8 Å². The second-order valence-corrected chi connectivity index (χ2v) is 7.16. The normalized spacial score (nSPS) is 41.1. The fourth-order valence-electron chi connectivity index (χ4n) is 4.93. The van der Waals surface area contributed by atoms with Crippen LogP contribution in [0.3, 0.4) is 0 Å². The molecule has 2 heterocycles. The minimum atomic E-state index is 0.164. The van der Waals surface area contributed by atoms with Gasteiger partial charge in [-0.2, -0.15) is 0 Å². The molecule has 0 aromatic rings. The molecule has 3 nitrogen and oxygen atoms in total. The molecule has 2 saturated heterocycles. The van der Waals surface area contributed by atoms with Gasteiger partial charge >= 0.3 is 0 Å². The van der Waals surface area contributed by atoms with Crippen LogP contribution in [0.15, 0.2) is 0 Å². The van der Waals surface area contributed by atoms with Crippen molar-refractivity contribution in [2.45, 2.75) is 64.0 Å². The number of ether oxygens (including phenoxy) is 2. The van der Waals surface area contributed by atoms with Crippen molar-refractivity contribution in [3.05, 3.63) is 0 Å². The maximum Gasteiger partial charge on any atom is 0.0729 e. The monoisotopic (exact) mass is 281 g/mol. The number of hydrogen-bond acceptors (Lipinski definition) is 3. The average molecular weight is 281 g/mol. The smallest absolute Gasteiger partial charge is 0.0729 e. The van der Waals surface area contributed by atoms with Gasteiger partial charge in [0.1, 0.15) is 0 Å². The van der Waals surface area contributed by atoms with Gasteiger partial charge in [0.2, 0.25) is 0 Å². The molecular formula is C17H31NO2. The largest absolute Gasteiger partial charge is 0.381 e. The summed E-state index contributed by atoms with van der Waals surface area (Å²) in [6, 6.07) is 0.749. The van der Waals surface area contributed by atoms with E-state index < -0.39 is 0 Å². The zero-order valence-electron chi connectivity index (χ0n) is 13.2.